The average molecular weight is 478 g/mol. The minimum absolute atomic E-state index is 0.433. The first kappa shape index (κ1) is 28.6. The van der Waals surface area contributed by atoms with E-state index in [1.807, 2.05) is 0 Å². The third kappa shape index (κ3) is 9.90. The molecule has 0 saturated carbocycles. The molecule has 1 aliphatic heterocycles. The molecule has 1 aliphatic rings. The van der Waals surface area contributed by atoms with Crippen molar-refractivity contribution in [2.24, 2.45) is 4.99 Å². The van der Waals surface area contributed by atoms with Gasteiger partial charge in [0.15, 0.2) is 12.4 Å². The normalized spacial score (nSPS) is 26.2. The molecular weight excluding hydrogens is 442 g/mol. The molecule has 2 unspecified atom stereocenters. The van der Waals surface area contributed by atoms with Crippen LogP contribution in [0.2, 0.25) is 0 Å². The Labute approximate surface area is 192 Å². The van der Waals surface area contributed by atoms with Gasteiger partial charge in [0, 0.05) is 14.0 Å². The van der Waals surface area contributed by atoms with Crippen LogP contribution in [0.5, 0.6) is 0 Å². The minimum Gasteiger partial charge on any atom is -0.457 e. The van der Waals surface area contributed by atoms with Crippen molar-refractivity contribution in [2.45, 2.75) is 90.3 Å². The summed E-state index contributed by atoms with van der Waals surface area (Å²) in [6.45, 7) is 10.4. The summed E-state index contributed by atoms with van der Waals surface area (Å²) in [7, 11) is 1.28. The molecule has 0 aromatic rings. The Hall–Kier alpha value is -2.48. The molecule has 4 N–H and O–H groups in total. The second-order valence-corrected chi connectivity index (χ2v) is 9.26. The number of nitrogens with one attached hydrogen (secondary N) is 2. The molecule has 190 valence electrons. The van der Waals surface area contributed by atoms with Gasteiger partial charge < -0.3 is 39.2 Å². The summed E-state index contributed by atoms with van der Waals surface area (Å²) in [6.07, 6.45) is -7.02. The number of ether oxygens (including phenoxy) is 5. The Morgan fingerprint density at radius 2 is 1.64 bits per heavy atom. The van der Waals surface area contributed by atoms with Crippen molar-refractivity contribution in [3.05, 3.63) is 0 Å². The first-order valence-corrected chi connectivity index (χ1v) is 10.3. The topological polar surface area (TPSA) is 174 Å². The van der Waals surface area contributed by atoms with Crippen molar-refractivity contribution in [3.63, 3.8) is 0 Å². The zero-order valence-electron chi connectivity index (χ0n) is 20.2. The highest BCUT2D eigenvalue weighted by Gasteiger charge is 2.47. The van der Waals surface area contributed by atoms with Crippen molar-refractivity contribution in [3.8, 4) is 0 Å². The summed E-state index contributed by atoms with van der Waals surface area (Å²) in [5, 5.41) is 25.3. The highest BCUT2D eigenvalue weighted by Crippen LogP contribution is 2.24. The molecule has 13 nitrogen and oxygen atoms in total. The van der Waals surface area contributed by atoms with E-state index in [9.17, 15) is 24.6 Å². The monoisotopic (exact) mass is 477 g/mol. The second kappa shape index (κ2) is 11.6. The van der Waals surface area contributed by atoms with E-state index in [1.54, 1.807) is 41.5 Å². The lowest BCUT2D eigenvalue weighted by atomic mass is 9.96. The molecular formula is C20H35N3O10. The zero-order chi connectivity index (χ0) is 25.6. The molecule has 0 spiro atoms. The Morgan fingerprint density at radius 1 is 1.06 bits per heavy atom. The number of methoxy groups -OCH3 is 1. The number of guanidine groups is 1. The molecule has 0 radical (unpaired) electrons. The number of alkyl carbamates (subject to hydrolysis) is 1. The van der Waals surface area contributed by atoms with Gasteiger partial charge in [-0.25, -0.2) is 9.59 Å². The van der Waals surface area contributed by atoms with E-state index in [-0.39, 0.29) is 0 Å². The Balaban J connectivity index is 3.23. The number of carbonyl (C=O) groups excluding carboxylic acids is 3. The van der Waals surface area contributed by atoms with Gasteiger partial charge >= 0.3 is 18.2 Å². The average Bonchev–Trinajstić information content (AvgIpc) is 2.61. The molecule has 0 aromatic heterocycles. The van der Waals surface area contributed by atoms with Gasteiger partial charge in [-0.3, -0.25) is 10.1 Å². The second-order valence-electron chi connectivity index (χ2n) is 9.26. The number of esters is 1. The lowest BCUT2D eigenvalue weighted by Gasteiger charge is -2.43. The summed E-state index contributed by atoms with van der Waals surface area (Å²) in [4.78, 5) is 39.7. The smallest absolute Gasteiger partial charge is 0.437 e. The molecule has 13 heteroatoms. The molecule has 0 aliphatic carbocycles. The van der Waals surface area contributed by atoms with E-state index in [4.69, 9.17) is 23.7 Å². The summed E-state index contributed by atoms with van der Waals surface area (Å²) in [6, 6.07) is -1.20. The summed E-state index contributed by atoms with van der Waals surface area (Å²) < 4.78 is 26.2. The van der Waals surface area contributed by atoms with Crippen molar-refractivity contribution >= 4 is 24.1 Å². The van der Waals surface area contributed by atoms with Crippen LogP contribution >= 0.6 is 0 Å². The van der Waals surface area contributed by atoms with Crippen molar-refractivity contribution in [1.29, 1.82) is 0 Å². The summed E-state index contributed by atoms with van der Waals surface area (Å²) in [5.74, 6) is -1.15. The summed E-state index contributed by atoms with van der Waals surface area (Å²) in [5.41, 5.74) is -1.71. The number of rotatable bonds is 4. The third-order valence-electron chi connectivity index (χ3n) is 3.91. The van der Waals surface area contributed by atoms with Crippen LogP contribution in [-0.2, 0) is 28.5 Å². The predicted octanol–water partition coefficient (Wildman–Crippen LogP) is 0.417. The number of aliphatic hydroxyl groups is 2. The highest BCUT2D eigenvalue weighted by molar-refractivity contribution is 5.99. The number of amides is 2. The van der Waals surface area contributed by atoms with Crippen LogP contribution in [0, 0.1) is 0 Å². The van der Waals surface area contributed by atoms with E-state index >= 15 is 0 Å². The fourth-order valence-corrected chi connectivity index (χ4v) is 2.79. The molecule has 2 amide bonds. The zero-order valence-corrected chi connectivity index (χ0v) is 20.2. The van der Waals surface area contributed by atoms with Gasteiger partial charge in [-0.15, -0.1) is 4.99 Å². The third-order valence-corrected chi connectivity index (χ3v) is 3.91. The maximum absolute atomic E-state index is 12.3. The van der Waals surface area contributed by atoms with Gasteiger partial charge in [0.2, 0.25) is 5.96 Å². The molecule has 0 aromatic carbocycles. The number of nitrogens with zero attached hydrogens (tertiary/aromatic N) is 1. The van der Waals surface area contributed by atoms with Gasteiger partial charge in [0.25, 0.3) is 0 Å². The summed E-state index contributed by atoms with van der Waals surface area (Å²) >= 11 is 0. The molecule has 1 heterocycles. The van der Waals surface area contributed by atoms with Crippen LogP contribution in [0.1, 0.15) is 48.5 Å². The molecule has 0 bridgehead atoms. The largest absolute Gasteiger partial charge is 0.457 e. The molecule has 1 rings (SSSR count). The fourth-order valence-electron chi connectivity index (χ4n) is 2.79. The molecule has 33 heavy (non-hydrogen) atoms. The van der Waals surface area contributed by atoms with Gasteiger partial charge in [-0.2, -0.15) is 0 Å². The maximum Gasteiger partial charge on any atom is 0.437 e. The van der Waals surface area contributed by atoms with Gasteiger partial charge in [0.1, 0.15) is 29.5 Å². The van der Waals surface area contributed by atoms with Crippen LogP contribution < -0.4 is 10.6 Å². The highest BCUT2D eigenvalue weighted by atomic mass is 16.7. The molecule has 5 atom stereocenters. The van der Waals surface area contributed by atoms with E-state index in [1.165, 1.54) is 7.11 Å². The Morgan fingerprint density at radius 3 is 2.09 bits per heavy atom. The van der Waals surface area contributed by atoms with Crippen molar-refractivity contribution < 1.29 is 48.3 Å². The lowest BCUT2D eigenvalue weighted by Crippen LogP contribution is -2.66. The van der Waals surface area contributed by atoms with Crippen LogP contribution in [0.4, 0.5) is 9.59 Å². The maximum atomic E-state index is 12.3. The number of aliphatic imine (C=N–C) groups is 1. The number of carbonyl (C=O) groups is 3. The minimum atomic E-state index is -1.49. The van der Waals surface area contributed by atoms with E-state index in [0.717, 1.165) is 6.92 Å². The van der Waals surface area contributed by atoms with E-state index in [0.29, 0.717) is 0 Å². The van der Waals surface area contributed by atoms with E-state index in [2.05, 4.69) is 15.6 Å². The van der Waals surface area contributed by atoms with E-state index < -0.39 is 72.6 Å². The van der Waals surface area contributed by atoms with Crippen LogP contribution in [0.15, 0.2) is 4.99 Å². The number of hydrogen-bond acceptors (Lipinski definition) is 10. The van der Waals surface area contributed by atoms with Crippen molar-refractivity contribution in [2.75, 3.05) is 13.7 Å². The van der Waals surface area contributed by atoms with Crippen LogP contribution in [0.3, 0.4) is 0 Å². The lowest BCUT2D eigenvalue weighted by molar-refractivity contribution is -0.265. The number of hydrogen-bond donors (Lipinski definition) is 4. The SMILES string of the molecule is COC1O[C@H](CO)[C@H](OC(C)=O)[C@H](O)C1N/C(=N\C(=O)OC(C)(C)C)NC(=O)OC(C)(C)C. The van der Waals surface area contributed by atoms with Crippen LogP contribution in [-0.4, -0.2) is 89.9 Å². The first-order valence-electron chi connectivity index (χ1n) is 10.3. The standard InChI is InChI=1S/C20H35N3O10/c1-10(25)30-14-11(9-24)31-15(29-8)12(13(14)26)21-16(22-17(27)32-19(2,3)4)23-18(28)33-20(5,6)7/h11-15,24,26H,9H2,1-8H3,(H2,21,22,23,27,28)/t11-,12?,13-,14+,15?/m1/s1. The fraction of sp³-hybridized carbons (Fsp3) is 0.800. The predicted molar refractivity (Wildman–Crippen MR) is 114 cm³/mol. The quantitative estimate of drug-likeness (QED) is 0.191. The van der Waals surface area contributed by atoms with Gasteiger partial charge in [-0.1, -0.05) is 0 Å². The van der Waals surface area contributed by atoms with Crippen molar-refractivity contribution in [1.82, 2.24) is 10.6 Å². The molecule has 1 fully saturated rings. The van der Waals surface area contributed by atoms with Crippen LogP contribution in [0.25, 0.3) is 0 Å². The first-order chi connectivity index (χ1) is 15.1. The Bertz CT molecular complexity index is 729. The Kier molecular flexibility index (Phi) is 10.0. The molecule has 1 saturated heterocycles. The van der Waals surface area contributed by atoms with Gasteiger partial charge in [0.05, 0.1) is 6.61 Å². The number of aliphatic hydroxyl groups excluding tert-OH is 2. The van der Waals surface area contributed by atoms with Gasteiger partial charge in [-0.05, 0) is 41.5 Å².